The molecule has 4 heteroatoms. The lowest BCUT2D eigenvalue weighted by Gasteiger charge is -2.13. The minimum absolute atomic E-state index is 0.228. The van der Waals surface area contributed by atoms with E-state index >= 15 is 0 Å². The number of halogens is 1. The normalized spacial score (nSPS) is 18.5. The maximum atomic E-state index is 6.17. The van der Waals surface area contributed by atoms with Crippen LogP contribution < -0.4 is 10.1 Å². The minimum Gasteiger partial charge on any atom is -0.487 e. The summed E-state index contributed by atoms with van der Waals surface area (Å²) in [7, 11) is 0. The summed E-state index contributed by atoms with van der Waals surface area (Å²) in [5, 5.41) is 3.78. The first-order chi connectivity index (χ1) is 9.33. The number of ether oxygens (including phenoxy) is 1. The molecule has 0 unspecified atom stereocenters. The fourth-order valence-corrected chi connectivity index (χ4v) is 2.45. The van der Waals surface area contributed by atoms with Crippen molar-refractivity contribution >= 4 is 11.6 Å². The van der Waals surface area contributed by atoms with Crippen LogP contribution in [0.1, 0.15) is 6.42 Å². The van der Waals surface area contributed by atoms with Crippen molar-refractivity contribution in [2.45, 2.75) is 12.5 Å². The van der Waals surface area contributed by atoms with Gasteiger partial charge in [0, 0.05) is 12.1 Å². The Bertz CT molecular complexity index is 553. The number of aromatic nitrogens is 1. The van der Waals surface area contributed by atoms with Gasteiger partial charge in [-0.15, -0.1) is 0 Å². The summed E-state index contributed by atoms with van der Waals surface area (Å²) in [5.74, 6) is 0.775. The average Bonchev–Trinajstić information content (AvgIpc) is 2.95. The second-order valence-corrected chi connectivity index (χ2v) is 4.97. The van der Waals surface area contributed by atoms with Gasteiger partial charge in [0.05, 0.1) is 6.20 Å². The molecule has 0 amide bonds. The molecule has 19 heavy (non-hydrogen) atoms. The molecule has 0 aliphatic carbocycles. The molecule has 3 rings (SSSR count). The molecule has 0 saturated carbocycles. The molecule has 0 spiro atoms. The summed E-state index contributed by atoms with van der Waals surface area (Å²) in [6.07, 6.45) is 2.95. The van der Waals surface area contributed by atoms with Crippen LogP contribution in [-0.4, -0.2) is 24.2 Å². The van der Waals surface area contributed by atoms with Crippen LogP contribution in [0, 0.1) is 0 Å². The SMILES string of the molecule is Clc1ncc(O[C@@H]2CCNC2)cc1-c1ccccc1. The third kappa shape index (κ3) is 2.88. The van der Waals surface area contributed by atoms with Gasteiger partial charge in [-0.05, 0) is 24.6 Å². The molecule has 1 N–H and O–H groups in total. The molecule has 98 valence electrons. The van der Waals surface area contributed by atoms with E-state index in [4.69, 9.17) is 16.3 Å². The first kappa shape index (κ1) is 12.5. The van der Waals surface area contributed by atoms with Gasteiger partial charge in [-0.2, -0.15) is 0 Å². The summed E-state index contributed by atoms with van der Waals surface area (Å²) < 4.78 is 5.91. The second kappa shape index (κ2) is 5.59. The Morgan fingerprint density at radius 1 is 1.26 bits per heavy atom. The summed E-state index contributed by atoms with van der Waals surface area (Å²) in [5.41, 5.74) is 1.96. The van der Waals surface area contributed by atoms with Crippen molar-refractivity contribution < 1.29 is 4.74 Å². The highest BCUT2D eigenvalue weighted by atomic mass is 35.5. The first-order valence-corrected chi connectivity index (χ1v) is 6.79. The number of rotatable bonds is 3. The molecule has 1 aromatic heterocycles. The van der Waals surface area contributed by atoms with Crippen molar-refractivity contribution in [3.63, 3.8) is 0 Å². The lowest BCUT2D eigenvalue weighted by atomic mass is 10.1. The van der Waals surface area contributed by atoms with Crippen molar-refractivity contribution in [2.75, 3.05) is 13.1 Å². The Labute approximate surface area is 117 Å². The van der Waals surface area contributed by atoms with E-state index in [2.05, 4.69) is 10.3 Å². The highest BCUT2D eigenvalue weighted by Crippen LogP contribution is 2.29. The lowest BCUT2D eigenvalue weighted by molar-refractivity contribution is 0.222. The van der Waals surface area contributed by atoms with Crippen LogP contribution >= 0.6 is 11.6 Å². The van der Waals surface area contributed by atoms with Crippen molar-refractivity contribution in [3.8, 4) is 16.9 Å². The molecule has 3 nitrogen and oxygen atoms in total. The van der Waals surface area contributed by atoms with E-state index in [9.17, 15) is 0 Å². The number of hydrogen-bond acceptors (Lipinski definition) is 3. The van der Waals surface area contributed by atoms with Crippen molar-refractivity contribution in [1.29, 1.82) is 0 Å². The van der Waals surface area contributed by atoms with E-state index in [1.165, 1.54) is 0 Å². The number of hydrogen-bond donors (Lipinski definition) is 1. The topological polar surface area (TPSA) is 34.1 Å². The van der Waals surface area contributed by atoms with Gasteiger partial charge in [-0.3, -0.25) is 0 Å². The third-order valence-corrected chi connectivity index (χ3v) is 3.52. The molecule has 1 aliphatic heterocycles. The summed E-state index contributed by atoms with van der Waals surface area (Å²) in [4.78, 5) is 4.22. The van der Waals surface area contributed by atoms with Crippen LogP contribution in [0.2, 0.25) is 5.15 Å². The van der Waals surface area contributed by atoms with Gasteiger partial charge in [-0.25, -0.2) is 4.98 Å². The van der Waals surface area contributed by atoms with Gasteiger partial charge >= 0.3 is 0 Å². The Hall–Kier alpha value is -1.58. The predicted octanol–water partition coefficient (Wildman–Crippen LogP) is 3.14. The quantitative estimate of drug-likeness (QED) is 0.873. The Morgan fingerprint density at radius 2 is 2.11 bits per heavy atom. The molecule has 2 heterocycles. The van der Waals surface area contributed by atoms with Crippen molar-refractivity contribution in [3.05, 3.63) is 47.7 Å². The number of benzene rings is 1. The van der Waals surface area contributed by atoms with Crippen LogP contribution in [0.25, 0.3) is 11.1 Å². The van der Waals surface area contributed by atoms with E-state index in [1.807, 2.05) is 36.4 Å². The highest BCUT2D eigenvalue weighted by Gasteiger charge is 2.16. The van der Waals surface area contributed by atoms with Crippen LogP contribution in [0.5, 0.6) is 5.75 Å². The van der Waals surface area contributed by atoms with E-state index in [1.54, 1.807) is 6.20 Å². The number of nitrogens with one attached hydrogen (secondary N) is 1. The van der Waals surface area contributed by atoms with E-state index < -0.39 is 0 Å². The fourth-order valence-electron chi connectivity index (χ4n) is 2.23. The maximum absolute atomic E-state index is 6.17. The van der Waals surface area contributed by atoms with Gasteiger partial charge in [-0.1, -0.05) is 41.9 Å². The molecule has 1 saturated heterocycles. The molecule has 1 atom stereocenters. The Kier molecular flexibility index (Phi) is 3.67. The van der Waals surface area contributed by atoms with E-state index in [-0.39, 0.29) is 6.10 Å². The largest absolute Gasteiger partial charge is 0.487 e. The van der Waals surface area contributed by atoms with E-state index in [0.717, 1.165) is 36.4 Å². The lowest BCUT2D eigenvalue weighted by Crippen LogP contribution is -2.19. The van der Waals surface area contributed by atoms with Gasteiger partial charge < -0.3 is 10.1 Å². The zero-order chi connectivity index (χ0) is 13.1. The molecular weight excluding hydrogens is 260 g/mol. The van der Waals surface area contributed by atoms with Crippen LogP contribution in [-0.2, 0) is 0 Å². The highest BCUT2D eigenvalue weighted by molar-refractivity contribution is 6.32. The molecular formula is C15H15ClN2O. The standard InChI is InChI=1S/C15H15ClN2O/c16-15-14(11-4-2-1-3-5-11)8-13(10-18-15)19-12-6-7-17-9-12/h1-5,8,10,12,17H,6-7,9H2/t12-/m1/s1. The van der Waals surface area contributed by atoms with Gasteiger partial charge in [0.2, 0.25) is 0 Å². The summed E-state index contributed by atoms with van der Waals surface area (Å²) in [6, 6.07) is 12.0. The van der Waals surface area contributed by atoms with Gasteiger partial charge in [0.25, 0.3) is 0 Å². The Morgan fingerprint density at radius 3 is 2.84 bits per heavy atom. The molecule has 1 aliphatic rings. The smallest absolute Gasteiger partial charge is 0.138 e. The van der Waals surface area contributed by atoms with Crippen molar-refractivity contribution in [2.24, 2.45) is 0 Å². The first-order valence-electron chi connectivity index (χ1n) is 6.41. The molecule has 2 aromatic rings. The summed E-state index contributed by atoms with van der Waals surface area (Å²) in [6.45, 7) is 1.90. The number of pyridine rings is 1. The van der Waals surface area contributed by atoms with Gasteiger partial charge in [0.1, 0.15) is 17.0 Å². The third-order valence-electron chi connectivity index (χ3n) is 3.22. The molecule has 0 bridgehead atoms. The maximum Gasteiger partial charge on any atom is 0.138 e. The second-order valence-electron chi connectivity index (χ2n) is 4.61. The van der Waals surface area contributed by atoms with Crippen LogP contribution in [0.3, 0.4) is 0 Å². The zero-order valence-corrected chi connectivity index (χ0v) is 11.2. The fraction of sp³-hybridized carbons (Fsp3) is 0.267. The molecule has 1 fully saturated rings. The van der Waals surface area contributed by atoms with E-state index in [0.29, 0.717) is 5.15 Å². The monoisotopic (exact) mass is 274 g/mol. The molecule has 0 radical (unpaired) electrons. The van der Waals surface area contributed by atoms with Crippen LogP contribution in [0.15, 0.2) is 42.6 Å². The average molecular weight is 275 g/mol. The predicted molar refractivity (Wildman–Crippen MR) is 76.6 cm³/mol. The van der Waals surface area contributed by atoms with Gasteiger partial charge in [0.15, 0.2) is 0 Å². The van der Waals surface area contributed by atoms with Crippen LogP contribution in [0.4, 0.5) is 0 Å². The Balaban J connectivity index is 1.87. The zero-order valence-electron chi connectivity index (χ0n) is 10.5. The number of nitrogens with zero attached hydrogens (tertiary/aromatic N) is 1. The van der Waals surface area contributed by atoms with Crippen molar-refractivity contribution in [1.82, 2.24) is 10.3 Å². The summed E-state index contributed by atoms with van der Waals surface area (Å²) >= 11 is 6.17. The minimum atomic E-state index is 0.228. The molecule has 1 aromatic carbocycles.